The number of halogens is 5. The molecular formula is C17H13BrF4N4O. The summed E-state index contributed by atoms with van der Waals surface area (Å²) in [6.07, 6.45) is 1.70. The Bertz CT molecular complexity index is 1010. The molecule has 0 aliphatic heterocycles. The Kier molecular flexibility index (Phi) is 4.13. The fraction of sp³-hybridized carbons (Fsp3) is 0.353. The van der Waals surface area contributed by atoms with Gasteiger partial charge in [-0.3, -0.25) is 9.38 Å². The molecule has 1 saturated carbocycles. The first-order chi connectivity index (χ1) is 12.6. The van der Waals surface area contributed by atoms with E-state index in [4.69, 9.17) is 4.74 Å². The molecule has 1 aliphatic carbocycles. The molecule has 3 aromatic rings. The smallest absolute Gasteiger partial charge is 0.360 e. The molecule has 0 radical (unpaired) electrons. The van der Waals surface area contributed by atoms with E-state index in [2.05, 4.69) is 31.1 Å². The van der Waals surface area contributed by atoms with Crippen LogP contribution >= 0.6 is 15.9 Å². The van der Waals surface area contributed by atoms with Crippen LogP contribution < -0.4 is 4.74 Å². The van der Waals surface area contributed by atoms with Crippen LogP contribution in [0.3, 0.4) is 0 Å². The number of alkyl halides is 5. The third kappa shape index (κ3) is 3.50. The van der Waals surface area contributed by atoms with Gasteiger partial charge in [-0.1, -0.05) is 0 Å². The minimum Gasteiger partial charge on any atom is -0.490 e. The van der Waals surface area contributed by atoms with E-state index in [-0.39, 0.29) is 18.5 Å². The summed E-state index contributed by atoms with van der Waals surface area (Å²) in [5.41, 5.74) is 2.10. The normalized spacial score (nSPS) is 17.1. The van der Waals surface area contributed by atoms with Gasteiger partial charge in [-0.2, -0.15) is 8.78 Å². The lowest BCUT2D eigenvalue weighted by Gasteiger charge is -2.34. The average molecular weight is 445 g/mol. The summed E-state index contributed by atoms with van der Waals surface area (Å²) < 4.78 is 59.7. The van der Waals surface area contributed by atoms with Crippen molar-refractivity contribution >= 4 is 21.6 Å². The molecule has 0 bridgehead atoms. The number of hydrogen-bond donors (Lipinski definition) is 0. The summed E-state index contributed by atoms with van der Waals surface area (Å²) in [4.78, 5) is 0.916. The van der Waals surface area contributed by atoms with Gasteiger partial charge < -0.3 is 4.74 Å². The molecule has 0 amide bonds. The number of ether oxygens (including phenoxy) is 1. The van der Waals surface area contributed by atoms with Crippen LogP contribution in [0.1, 0.15) is 24.2 Å². The molecule has 1 aromatic carbocycles. The topological polar surface area (TPSA) is 52.3 Å². The second-order valence-electron chi connectivity index (χ2n) is 6.50. The van der Waals surface area contributed by atoms with Gasteiger partial charge in [0.05, 0.1) is 11.9 Å². The molecule has 0 unspecified atom stereocenters. The minimum atomic E-state index is -3.33. The summed E-state index contributed by atoms with van der Waals surface area (Å²) in [7, 11) is 0. The van der Waals surface area contributed by atoms with Gasteiger partial charge in [-0.05, 0) is 46.6 Å². The Morgan fingerprint density at radius 1 is 1.26 bits per heavy atom. The predicted molar refractivity (Wildman–Crippen MR) is 92.4 cm³/mol. The van der Waals surface area contributed by atoms with E-state index in [9.17, 15) is 17.6 Å². The zero-order chi connectivity index (χ0) is 19.4. The van der Waals surface area contributed by atoms with E-state index in [0.29, 0.717) is 17.0 Å². The fourth-order valence-electron chi connectivity index (χ4n) is 3.01. The Hall–Kier alpha value is -2.23. The van der Waals surface area contributed by atoms with Gasteiger partial charge in [0.2, 0.25) is 5.82 Å². The van der Waals surface area contributed by atoms with Gasteiger partial charge >= 0.3 is 4.83 Å². The number of fused-ring (bicyclic) bond motifs is 1. The van der Waals surface area contributed by atoms with Crippen molar-refractivity contribution in [3.8, 4) is 17.0 Å². The van der Waals surface area contributed by atoms with E-state index in [1.165, 1.54) is 12.4 Å². The van der Waals surface area contributed by atoms with Gasteiger partial charge in [0, 0.05) is 24.6 Å². The Labute approximate surface area is 159 Å². The van der Waals surface area contributed by atoms with E-state index in [1.807, 2.05) is 0 Å². The second-order valence-corrected chi connectivity index (χ2v) is 7.50. The number of aromatic nitrogens is 4. The van der Waals surface area contributed by atoms with Gasteiger partial charge in [0.15, 0.2) is 5.65 Å². The maximum atomic E-state index is 13.6. The molecule has 27 heavy (non-hydrogen) atoms. The SMILES string of the molecule is Cc1cc(OC2CC(F)(F)C2)ccc1-c1cn2c(C(F)(F)Br)nnc2cn1. The van der Waals surface area contributed by atoms with Crippen LogP contribution in [0.5, 0.6) is 5.75 Å². The van der Waals surface area contributed by atoms with Gasteiger partial charge in [-0.15, -0.1) is 10.2 Å². The van der Waals surface area contributed by atoms with Gasteiger partial charge in [-0.25, -0.2) is 8.78 Å². The third-order valence-electron chi connectivity index (χ3n) is 4.38. The number of benzene rings is 1. The van der Waals surface area contributed by atoms with E-state index in [0.717, 1.165) is 9.96 Å². The van der Waals surface area contributed by atoms with E-state index in [1.54, 1.807) is 25.1 Å². The van der Waals surface area contributed by atoms with Crippen LogP contribution in [0.2, 0.25) is 0 Å². The molecule has 1 fully saturated rings. The summed E-state index contributed by atoms with van der Waals surface area (Å²) >= 11 is 2.29. The van der Waals surface area contributed by atoms with Crippen LogP contribution in [-0.4, -0.2) is 31.6 Å². The van der Waals surface area contributed by atoms with Crippen molar-refractivity contribution in [1.82, 2.24) is 19.6 Å². The molecule has 2 aromatic heterocycles. The lowest BCUT2D eigenvalue weighted by molar-refractivity contribution is -0.134. The fourth-order valence-corrected chi connectivity index (χ4v) is 3.28. The Balaban J connectivity index is 1.63. The standard InChI is InChI=1S/C17H13BrF4N4O/c1-9-4-10(27-11-5-16(19,20)6-11)2-3-12(9)13-8-26-14(7-23-13)24-25-15(26)17(18,21)22/h2-4,7-8,11H,5-6H2,1H3. The molecule has 10 heteroatoms. The number of hydrogen-bond acceptors (Lipinski definition) is 4. The maximum absolute atomic E-state index is 13.6. The zero-order valence-corrected chi connectivity index (χ0v) is 15.6. The van der Waals surface area contributed by atoms with Crippen molar-refractivity contribution in [1.29, 1.82) is 0 Å². The van der Waals surface area contributed by atoms with E-state index >= 15 is 0 Å². The minimum absolute atomic E-state index is 0.191. The van der Waals surface area contributed by atoms with Gasteiger partial charge in [0.25, 0.3) is 5.92 Å². The average Bonchev–Trinajstić information content (AvgIpc) is 2.96. The summed E-state index contributed by atoms with van der Waals surface area (Å²) in [5.74, 6) is -2.72. The molecule has 142 valence electrons. The first kappa shape index (κ1) is 18.1. The molecule has 2 heterocycles. The first-order valence-corrected chi connectivity index (χ1v) is 8.85. The van der Waals surface area contributed by atoms with Crippen molar-refractivity contribution in [3.63, 3.8) is 0 Å². The van der Waals surface area contributed by atoms with Crippen LogP contribution in [0, 0.1) is 6.92 Å². The van der Waals surface area contributed by atoms with Gasteiger partial charge in [0.1, 0.15) is 11.9 Å². The molecule has 5 nitrogen and oxygen atoms in total. The Morgan fingerprint density at radius 3 is 2.63 bits per heavy atom. The quantitative estimate of drug-likeness (QED) is 0.431. The lowest BCUT2D eigenvalue weighted by atomic mass is 9.91. The van der Waals surface area contributed by atoms with E-state index < -0.39 is 22.7 Å². The van der Waals surface area contributed by atoms with Crippen molar-refractivity contribution in [3.05, 3.63) is 42.0 Å². The highest BCUT2D eigenvalue weighted by molar-refractivity contribution is 9.09. The highest BCUT2D eigenvalue weighted by atomic mass is 79.9. The number of nitrogens with zero attached hydrogens (tertiary/aromatic N) is 4. The van der Waals surface area contributed by atoms with Crippen molar-refractivity contribution in [2.45, 2.75) is 36.6 Å². The van der Waals surface area contributed by atoms with Crippen molar-refractivity contribution < 1.29 is 22.3 Å². The monoisotopic (exact) mass is 444 g/mol. The van der Waals surface area contributed by atoms with Crippen molar-refractivity contribution in [2.24, 2.45) is 0 Å². The number of aryl methyl sites for hydroxylation is 1. The molecule has 0 N–H and O–H groups in total. The zero-order valence-electron chi connectivity index (χ0n) is 14.0. The molecule has 0 spiro atoms. The molecule has 0 saturated heterocycles. The summed E-state index contributed by atoms with van der Waals surface area (Å²) in [5, 5.41) is 7.17. The predicted octanol–water partition coefficient (Wildman–Crippen LogP) is 4.72. The maximum Gasteiger partial charge on any atom is 0.360 e. The Morgan fingerprint density at radius 2 is 2.00 bits per heavy atom. The molecular weight excluding hydrogens is 432 g/mol. The van der Waals surface area contributed by atoms with Crippen LogP contribution in [0.25, 0.3) is 16.9 Å². The lowest BCUT2D eigenvalue weighted by Crippen LogP contribution is -2.43. The molecule has 0 atom stereocenters. The molecule has 1 aliphatic rings. The van der Waals surface area contributed by atoms with Crippen LogP contribution in [0.15, 0.2) is 30.6 Å². The molecule has 4 rings (SSSR count). The second kappa shape index (κ2) is 6.15. The first-order valence-electron chi connectivity index (χ1n) is 8.06. The highest BCUT2D eigenvalue weighted by Crippen LogP contribution is 2.40. The largest absolute Gasteiger partial charge is 0.490 e. The summed E-state index contributed by atoms with van der Waals surface area (Å²) in [6, 6.07) is 5.08. The van der Waals surface area contributed by atoms with Crippen molar-refractivity contribution in [2.75, 3.05) is 0 Å². The van der Waals surface area contributed by atoms with Crippen LogP contribution in [0.4, 0.5) is 17.6 Å². The number of rotatable bonds is 4. The summed E-state index contributed by atoms with van der Waals surface area (Å²) in [6.45, 7) is 1.80. The van der Waals surface area contributed by atoms with Crippen LogP contribution in [-0.2, 0) is 4.83 Å². The highest BCUT2D eigenvalue weighted by Gasteiger charge is 2.47. The third-order valence-corrected chi connectivity index (χ3v) is 4.73.